The monoisotopic (exact) mass is 339 g/mol. The van der Waals surface area contributed by atoms with E-state index in [-0.39, 0.29) is 6.03 Å². The van der Waals surface area contributed by atoms with Crippen LogP contribution in [0.4, 0.5) is 10.5 Å². The van der Waals surface area contributed by atoms with Crippen molar-refractivity contribution in [2.45, 2.75) is 18.9 Å². The van der Waals surface area contributed by atoms with E-state index in [2.05, 4.69) is 37.9 Å². The van der Waals surface area contributed by atoms with Gasteiger partial charge >= 0.3 is 6.03 Å². The number of tetrazole rings is 1. The highest BCUT2D eigenvalue weighted by molar-refractivity contribution is 5.89. The number of hydrogen-bond acceptors (Lipinski definition) is 5. The van der Waals surface area contributed by atoms with Crippen LogP contribution in [0.25, 0.3) is 5.69 Å². The largest absolute Gasteiger partial charge is 0.324 e. The van der Waals surface area contributed by atoms with Gasteiger partial charge in [0.25, 0.3) is 0 Å². The van der Waals surface area contributed by atoms with E-state index >= 15 is 0 Å². The van der Waals surface area contributed by atoms with Crippen LogP contribution in [0.15, 0.2) is 42.7 Å². The minimum absolute atomic E-state index is 0.0341. The maximum Gasteiger partial charge on any atom is 0.321 e. The Morgan fingerprint density at radius 1 is 1.08 bits per heavy atom. The second kappa shape index (κ2) is 7.02. The highest BCUT2D eigenvalue weighted by Gasteiger charge is 2.27. The van der Waals surface area contributed by atoms with Gasteiger partial charge in [-0.3, -0.25) is 4.90 Å². The smallest absolute Gasteiger partial charge is 0.321 e. The summed E-state index contributed by atoms with van der Waals surface area (Å²) in [5, 5.41) is 14.0. The molecule has 0 radical (unpaired) electrons. The molecule has 0 spiro atoms. The van der Waals surface area contributed by atoms with Crippen LogP contribution in [-0.4, -0.2) is 68.3 Å². The zero-order valence-electron chi connectivity index (χ0n) is 14.0. The van der Waals surface area contributed by atoms with Crippen molar-refractivity contribution in [2.24, 2.45) is 0 Å². The van der Waals surface area contributed by atoms with Crippen molar-refractivity contribution in [3.63, 3.8) is 0 Å². The maximum atomic E-state index is 12.5. The summed E-state index contributed by atoms with van der Waals surface area (Å²) in [6.45, 7) is 3.69. The molecule has 0 aliphatic carbocycles. The molecule has 1 aromatic carbocycles. The van der Waals surface area contributed by atoms with Crippen LogP contribution in [0.2, 0.25) is 0 Å². The predicted molar refractivity (Wildman–Crippen MR) is 93.5 cm³/mol. The molecule has 1 saturated heterocycles. The minimum atomic E-state index is -0.0341. The number of rotatable bonds is 3. The Kier molecular flexibility index (Phi) is 4.43. The molecule has 0 atom stereocenters. The van der Waals surface area contributed by atoms with Gasteiger partial charge in [-0.15, -0.1) is 5.10 Å². The number of piperidine rings is 1. The molecule has 25 heavy (non-hydrogen) atoms. The van der Waals surface area contributed by atoms with Gasteiger partial charge in [-0.05, 0) is 47.5 Å². The van der Waals surface area contributed by atoms with Crippen molar-refractivity contribution < 1.29 is 4.79 Å². The van der Waals surface area contributed by atoms with Gasteiger partial charge in [0, 0.05) is 37.9 Å². The number of anilines is 1. The van der Waals surface area contributed by atoms with Crippen molar-refractivity contribution >= 4 is 11.7 Å². The van der Waals surface area contributed by atoms with Crippen molar-refractivity contribution in [3.8, 4) is 5.69 Å². The molecule has 0 bridgehead atoms. The lowest BCUT2D eigenvalue weighted by Crippen LogP contribution is -2.47. The second-order valence-corrected chi connectivity index (χ2v) is 6.37. The first-order chi connectivity index (χ1) is 12.3. The molecule has 1 fully saturated rings. The maximum absolute atomic E-state index is 12.5. The summed E-state index contributed by atoms with van der Waals surface area (Å²) in [4.78, 5) is 16.8. The molecule has 130 valence electrons. The van der Waals surface area contributed by atoms with E-state index in [1.165, 1.54) is 6.33 Å². The molecule has 4 rings (SSSR count). The minimum Gasteiger partial charge on any atom is -0.324 e. The summed E-state index contributed by atoms with van der Waals surface area (Å²) < 4.78 is 1.57. The average molecular weight is 339 g/mol. The zero-order chi connectivity index (χ0) is 17.1. The quantitative estimate of drug-likeness (QED) is 0.858. The molecule has 2 aliphatic heterocycles. The summed E-state index contributed by atoms with van der Waals surface area (Å²) in [6, 6.07) is 8.02. The number of urea groups is 1. The topological polar surface area (TPSA) is 79.2 Å². The number of nitrogens with zero attached hydrogens (tertiary/aromatic N) is 6. The van der Waals surface area contributed by atoms with Crippen LogP contribution >= 0.6 is 0 Å². The lowest BCUT2D eigenvalue weighted by molar-refractivity contribution is 0.144. The van der Waals surface area contributed by atoms with Gasteiger partial charge in [-0.2, -0.15) is 0 Å². The van der Waals surface area contributed by atoms with Gasteiger partial charge < -0.3 is 10.2 Å². The zero-order valence-corrected chi connectivity index (χ0v) is 14.0. The number of carbonyl (C=O) groups is 1. The Labute approximate surface area is 146 Å². The first kappa shape index (κ1) is 15.8. The van der Waals surface area contributed by atoms with Gasteiger partial charge in [0.2, 0.25) is 0 Å². The lowest BCUT2D eigenvalue weighted by atomic mass is 10.0. The van der Waals surface area contributed by atoms with Crippen LogP contribution in [0.1, 0.15) is 12.8 Å². The normalized spacial score (nSPS) is 18.6. The van der Waals surface area contributed by atoms with Crippen LogP contribution in [0.3, 0.4) is 0 Å². The van der Waals surface area contributed by atoms with Crippen molar-refractivity contribution in [1.29, 1.82) is 0 Å². The van der Waals surface area contributed by atoms with Gasteiger partial charge in [-0.1, -0.05) is 12.2 Å². The Bertz CT molecular complexity index is 725. The molecule has 1 aromatic heterocycles. The summed E-state index contributed by atoms with van der Waals surface area (Å²) in [5.74, 6) is 0. The fourth-order valence-electron chi connectivity index (χ4n) is 3.41. The molecule has 3 heterocycles. The van der Waals surface area contributed by atoms with Gasteiger partial charge in [-0.25, -0.2) is 9.48 Å². The number of hydrogen-bond donors (Lipinski definition) is 1. The van der Waals surface area contributed by atoms with Crippen LogP contribution < -0.4 is 5.32 Å². The second-order valence-electron chi connectivity index (χ2n) is 6.37. The van der Waals surface area contributed by atoms with E-state index in [0.717, 1.165) is 50.4 Å². The van der Waals surface area contributed by atoms with E-state index in [4.69, 9.17) is 0 Å². The van der Waals surface area contributed by atoms with E-state index in [0.29, 0.717) is 6.04 Å². The summed E-state index contributed by atoms with van der Waals surface area (Å²) in [6.07, 6.45) is 8.05. The van der Waals surface area contributed by atoms with Crippen LogP contribution in [0.5, 0.6) is 0 Å². The van der Waals surface area contributed by atoms with Crippen molar-refractivity contribution in [3.05, 3.63) is 42.7 Å². The summed E-state index contributed by atoms with van der Waals surface area (Å²) >= 11 is 0. The number of carbonyl (C=O) groups excluding carboxylic acids is 1. The number of benzene rings is 1. The molecule has 8 heteroatoms. The molecule has 2 aliphatic rings. The van der Waals surface area contributed by atoms with Crippen LogP contribution in [-0.2, 0) is 0 Å². The van der Waals surface area contributed by atoms with E-state index in [1.807, 2.05) is 29.2 Å². The summed E-state index contributed by atoms with van der Waals surface area (Å²) in [5.41, 5.74) is 1.62. The standard InChI is InChI=1S/C17H21N7O/c25-17(23-11-7-15(8-12-23)22-9-1-2-10-22)19-14-3-5-16(6-4-14)24-13-18-20-21-24/h1-6,13,15H,7-12H2,(H,19,25). The highest BCUT2D eigenvalue weighted by Crippen LogP contribution is 2.20. The van der Waals surface area contributed by atoms with Gasteiger partial charge in [0.15, 0.2) is 0 Å². The number of amides is 2. The predicted octanol–water partition coefficient (Wildman–Crippen LogP) is 1.53. The molecular formula is C17H21N7O. The molecule has 0 unspecified atom stereocenters. The molecule has 1 N–H and O–H groups in total. The molecule has 8 nitrogen and oxygen atoms in total. The van der Waals surface area contributed by atoms with E-state index < -0.39 is 0 Å². The van der Waals surface area contributed by atoms with Crippen molar-refractivity contribution in [1.82, 2.24) is 30.0 Å². The Morgan fingerprint density at radius 3 is 2.44 bits per heavy atom. The molecular weight excluding hydrogens is 318 g/mol. The first-order valence-electron chi connectivity index (χ1n) is 8.58. The van der Waals surface area contributed by atoms with Gasteiger partial charge in [0.05, 0.1) is 5.69 Å². The fraction of sp³-hybridized carbons (Fsp3) is 0.412. The third kappa shape index (κ3) is 3.53. The Balaban J connectivity index is 1.30. The lowest BCUT2D eigenvalue weighted by Gasteiger charge is -2.36. The molecule has 0 saturated carbocycles. The third-order valence-corrected chi connectivity index (χ3v) is 4.85. The number of likely N-dealkylation sites (tertiary alicyclic amines) is 1. The van der Waals surface area contributed by atoms with E-state index in [1.54, 1.807) is 4.68 Å². The van der Waals surface area contributed by atoms with E-state index in [9.17, 15) is 4.79 Å². The first-order valence-corrected chi connectivity index (χ1v) is 8.58. The third-order valence-electron chi connectivity index (χ3n) is 4.85. The SMILES string of the molecule is O=C(Nc1ccc(-n2cnnn2)cc1)N1CCC(N2CC=CC2)CC1. The summed E-state index contributed by atoms with van der Waals surface area (Å²) in [7, 11) is 0. The Hall–Kier alpha value is -2.74. The number of aromatic nitrogens is 4. The number of nitrogens with one attached hydrogen (secondary N) is 1. The molecule has 2 amide bonds. The fourth-order valence-corrected chi connectivity index (χ4v) is 3.41. The van der Waals surface area contributed by atoms with Crippen LogP contribution in [0, 0.1) is 0 Å². The highest BCUT2D eigenvalue weighted by atomic mass is 16.2. The average Bonchev–Trinajstić information content (AvgIpc) is 3.36. The van der Waals surface area contributed by atoms with Crippen molar-refractivity contribution in [2.75, 3.05) is 31.5 Å². The Morgan fingerprint density at radius 2 is 1.80 bits per heavy atom. The molecule has 2 aromatic rings. The van der Waals surface area contributed by atoms with Gasteiger partial charge in [0.1, 0.15) is 6.33 Å².